The van der Waals surface area contributed by atoms with Crippen LogP contribution in [0.5, 0.6) is 23.0 Å². The third kappa shape index (κ3) is 3.03. The number of nitrogens with two attached hydrogens (primary N) is 1. The van der Waals surface area contributed by atoms with Crippen molar-refractivity contribution >= 4 is 5.69 Å². The highest BCUT2D eigenvalue weighted by Gasteiger charge is 2.15. The van der Waals surface area contributed by atoms with E-state index < -0.39 is 0 Å². The second-order valence-corrected chi connectivity index (χ2v) is 4.75. The van der Waals surface area contributed by atoms with E-state index in [1.54, 1.807) is 12.1 Å². The zero-order valence-electron chi connectivity index (χ0n) is 11.5. The Morgan fingerprint density at radius 3 is 2.38 bits per heavy atom. The molecule has 0 amide bonds. The fourth-order valence-electron chi connectivity index (χ4n) is 2.15. The Bertz CT molecular complexity index is 625. The second-order valence-electron chi connectivity index (χ2n) is 4.75. The van der Waals surface area contributed by atoms with Crippen LogP contribution < -0.4 is 19.9 Å². The molecule has 21 heavy (non-hydrogen) atoms. The summed E-state index contributed by atoms with van der Waals surface area (Å²) in [7, 11) is 0. The molecule has 1 heterocycles. The van der Waals surface area contributed by atoms with Gasteiger partial charge in [-0.05, 0) is 24.1 Å². The van der Waals surface area contributed by atoms with E-state index in [0.29, 0.717) is 48.3 Å². The number of rotatable bonds is 4. The van der Waals surface area contributed by atoms with Gasteiger partial charge in [0.2, 0.25) is 0 Å². The summed E-state index contributed by atoms with van der Waals surface area (Å²) in [5.41, 5.74) is 7.53. The SMILES string of the molecule is Nc1cc2c(cc1Oc1ccc(CCO)cc1)OCCO2. The fraction of sp³-hybridized carbons (Fsp3) is 0.250. The summed E-state index contributed by atoms with van der Waals surface area (Å²) in [6.07, 6.45) is 0.631. The molecule has 0 fully saturated rings. The van der Waals surface area contributed by atoms with E-state index in [1.165, 1.54) is 0 Å². The number of anilines is 1. The van der Waals surface area contributed by atoms with Crippen molar-refractivity contribution in [1.82, 2.24) is 0 Å². The highest BCUT2D eigenvalue weighted by atomic mass is 16.6. The lowest BCUT2D eigenvalue weighted by molar-refractivity contribution is 0.171. The Morgan fingerprint density at radius 2 is 1.71 bits per heavy atom. The third-order valence-electron chi connectivity index (χ3n) is 3.23. The van der Waals surface area contributed by atoms with Gasteiger partial charge in [0, 0.05) is 18.7 Å². The summed E-state index contributed by atoms with van der Waals surface area (Å²) >= 11 is 0. The fourth-order valence-corrected chi connectivity index (χ4v) is 2.15. The number of aliphatic hydroxyl groups excluding tert-OH is 1. The number of benzene rings is 2. The number of hydrogen-bond donors (Lipinski definition) is 2. The van der Waals surface area contributed by atoms with E-state index in [9.17, 15) is 0 Å². The maximum atomic E-state index is 8.90. The lowest BCUT2D eigenvalue weighted by Crippen LogP contribution is -2.15. The van der Waals surface area contributed by atoms with Crippen LogP contribution in [-0.4, -0.2) is 24.9 Å². The van der Waals surface area contributed by atoms with Crippen LogP contribution in [0.25, 0.3) is 0 Å². The Balaban J connectivity index is 1.80. The molecule has 0 aromatic heterocycles. The lowest BCUT2D eigenvalue weighted by Gasteiger charge is -2.20. The van der Waals surface area contributed by atoms with Crippen LogP contribution in [0, 0.1) is 0 Å². The third-order valence-corrected chi connectivity index (χ3v) is 3.23. The molecule has 0 radical (unpaired) electrons. The molecule has 0 spiro atoms. The number of hydrogen-bond acceptors (Lipinski definition) is 5. The summed E-state index contributed by atoms with van der Waals surface area (Å²) < 4.78 is 16.8. The lowest BCUT2D eigenvalue weighted by atomic mass is 10.1. The first kappa shape index (κ1) is 13.6. The van der Waals surface area contributed by atoms with E-state index >= 15 is 0 Å². The second kappa shape index (κ2) is 5.93. The molecule has 5 nitrogen and oxygen atoms in total. The first-order valence-electron chi connectivity index (χ1n) is 6.83. The summed E-state index contributed by atoms with van der Waals surface area (Å²) in [4.78, 5) is 0. The summed E-state index contributed by atoms with van der Waals surface area (Å²) in [5.74, 6) is 2.50. The van der Waals surface area contributed by atoms with Crippen LogP contribution in [0.2, 0.25) is 0 Å². The smallest absolute Gasteiger partial charge is 0.165 e. The largest absolute Gasteiger partial charge is 0.486 e. The molecule has 0 aliphatic carbocycles. The molecule has 5 heteroatoms. The molecule has 0 saturated carbocycles. The molecule has 3 N–H and O–H groups in total. The molecule has 110 valence electrons. The van der Waals surface area contributed by atoms with Crippen molar-refractivity contribution in [3.8, 4) is 23.0 Å². The maximum Gasteiger partial charge on any atom is 0.165 e. The van der Waals surface area contributed by atoms with E-state index in [4.69, 9.17) is 25.1 Å². The molecule has 1 aliphatic rings. The Morgan fingerprint density at radius 1 is 1.05 bits per heavy atom. The Kier molecular flexibility index (Phi) is 3.83. The number of nitrogen functional groups attached to an aromatic ring is 1. The van der Waals surface area contributed by atoms with Crippen molar-refractivity contribution < 1.29 is 19.3 Å². The predicted octanol–water partition coefficient (Wildman–Crippen LogP) is 2.37. The first-order chi connectivity index (χ1) is 10.3. The Hall–Kier alpha value is -2.40. The molecule has 2 aromatic carbocycles. The van der Waals surface area contributed by atoms with Crippen LogP contribution in [0.3, 0.4) is 0 Å². The van der Waals surface area contributed by atoms with Crippen LogP contribution >= 0.6 is 0 Å². The monoisotopic (exact) mass is 287 g/mol. The molecule has 0 unspecified atom stereocenters. The van der Waals surface area contributed by atoms with Crippen LogP contribution in [0.1, 0.15) is 5.56 Å². The predicted molar refractivity (Wildman–Crippen MR) is 79.2 cm³/mol. The number of aliphatic hydroxyl groups is 1. The van der Waals surface area contributed by atoms with Gasteiger partial charge in [0.05, 0.1) is 5.69 Å². The quantitative estimate of drug-likeness (QED) is 0.844. The van der Waals surface area contributed by atoms with Gasteiger partial charge in [-0.3, -0.25) is 0 Å². The van der Waals surface area contributed by atoms with Gasteiger partial charge in [0.15, 0.2) is 17.2 Å². The maximum absolute atomic E-state index is 8.90. The zero-order valence-corrected chi connectivity index (χ0v) is 11.5. The van der Waals surface area contributed by atoms with Crippen molar-refractivity contribution in [3.05, 3.63) is 42.0 Å². The van der Waals surface area contributed by atoms with Gasteiger partial charge >= 0.3 is 0 Å². The number of ether oxygens (including phenoxy) is 3. The highest BCUT2D eigenvalue weighted by Crippen LogP contribution is 2.39. The van der Waals surface area contributed by atoms with Crippen molar-refractivity contribution in [2.75, 3.05) is 25.6 Å². The molecule has 1 aliphatic heterocycles. The normalized spacial score (nSPS) is 13.0. The van der Waals surface area contributed by atoms with Crippen molar-refractivity contribution in [1.29, 1.82) is 0 Å². The van der Waals surface area contributed by atoms with E-state index in [2.05, 4.69) is 0 Å². The van der Waals surface area contributed by atoms with Crippen LogP contribution in [0.15, 0.2) is 36.4 Å². The van der Waals surface area contributed by atoms with Crippen LogP contribution in [0.4, 0.5) is 5.69 Å². The standard InChI is InChI=1S/C16H17NO4/c17-13-9-15-16(20-8-7-19-15)10-14(13)21-12-3-1-11(2-4-12)5-6-18/h1-4,9-10,18H,5-8,17H2. The summed E-state index contributed by atoms with van der Waals surface area (Å²) in [5, 5.41) is 8.90. The topological polar surface area (TPSA) is 73.9 Å². The van der Waals surface area contributed by atoms with Gasteiger partial charge in [-0.1, -0.05) is 12.1 Å². The molecular weight excluding hydrogens is 270 g/mol. The van der Waals surface area contributed by atoms with Gasteiger partial charge in [-0.25, -0.2) is 0 Å². The van der Waals surface area contributed by atoms with Gasteiger partial charge < -0.3 is 25.1 Å². The average Bonchev–Trinajstić information content (AvgIpc) is 2.50. The number of fused-ring (bicyclic) bond motifs is 1. The minimum atomic E-state index is 0.134. The van der Waals surface area contributed by atoms with E-state index in [0.717, 1.165) is 5.56 Å². The van der Waals surface area contributed by atoms with Crippen LogP contribution in [-0.2, 0) is 6.42 Å². The molecular formula is C16H17NO4. The zero-order chi connectivity index (χ0) is 14.7. The molecule has 3 rings (SSSR count). The molecule has 2 aromatic rings. The first-order valence-corrected chi connectivity index (χ1v) is 6.83. The summed E-state index contributed by atoms with van der Waals surface area (Å²) in [6.45, 7) is 1.18. The average molecular weight is 287 g/mol. The van der Waals surface area contributed by atoms with Gasteiger partial charge in [0.1, 0.15) is 19.0 Å². The van der Waals surface area contributed by atoms with E-state index in [-0.39, 0.29) is 6.61 Å². The minimum absolute atomic E-state index is 0.134. The van der Waals surface area contributed by atoms with Gasteiger partial charge in [-0.15, -0.1) is 0 Å². The van der Waals surface area contributed by atoms with Crippen molar-refractivity contribution in [2.24, 2.45) is 0 Å². The van der Waals surface area contributed by atoms with Gasteiger partial charge in [0.25, 0.3) is 0 Å². The van der Waals surface area contributed by atoms with Crippen molar-refractivity contribution in [3.63, 3.8) is 0 Å². The van der Waals surface area contributed by atoms with E-state index in [1.807, 2.05) is 24.3 Å². The highest BCUT2D eigenvalue weighted by molar-refractivity contribution is 5.63. The van der Waals surface area contributed by atoms with Gasteiger partial charge in [-0.2, -0.15) is 0 Å². The molecule has 0 atom stereocenters. The Labute approximate surface area is 122 Å². The summed E-state index contributed by atoms with van der Waals surface area (Å²) in [6, 6.07) is 11.0. The van der Waals surface area contributed by atoms with Crippen molar-refractivity contribution in [2.45, 2.75) is 6.42 Å². The minimum Gasteiger partial charge on any atom is -0.486 e. The molecule has 0 bridgehead atoms. The molecule has 0 saturated heterocycles.